The molecule has 0 bridgehead atoms. The lowest BCUT2D eigenvalue weighted by Gasteiger charge is -2.08. The molecule has 2 N–H and O–H groups in total. The zero-order chi connectivity index (χ0) is 17.0. The Balaban J connectivity index is 2.36. The van der Waals surface area contributed by atoms with Gasteiger partial charge in [-0.3, -0.25) is 0 Å². The highest BCUT2D eigenvalue weighted by atomic mass is 32.1. The van der Waals surface area contributed by atoms with E-state index >= 15 is 0 Å². The molecule has 0 aliphatic heterocycles. The summed E-state index contributed by atoms with van der Waals surface area (Å²) in [6, 6.07) is 0. The van der Waals surface area contributed by atoms with Gasteiger partial charge in [0.25, 0.3) is 0 Å². The van der Waals surface area contributed by atoms with Gasteiger partial charge >= 0.3 is 5.97 Å². The third-order valence-electron chi connectivity index (χ3n) is 3.26. The Bertz CT molecular complexity index is 697. The van der Waals surface area contributed by atoms with Crippen molar-refractivity contribution in [1.82, 2.24) is 9.97 Å². The number of nitrogens with zero attached hydrogens (tertiary/aromatic N) is 2. The largest absolute Gasteiger partial charge is 0.461 e. The van der Waals surface area contributed by atoms with Crippen LogP contribution in [0.5, 0.6) is 0 Å². The number of anilines is 1. The Morgan fingerprint density at radius 3 is 2.74 bits per heavy atom. The van der Waals surface area contributed by atoms with Crippen molar-refractivity contribution in [2.45, 2.75) is 34.1 Å². The Morgan fingerprint density at radius 2 is 2.09 bits per heavy atom. The van der Waals surface area contributed by atoms with Gasteiger partial charge in [-0.15, -0.1) is 11.3 Å². The first-order chi connectivity index (χ1) is 10.9. The molecule has 0 fully saturated rings. The van der Waals surface area contributed by atoms with Crippen LogP contribution in [0.4, 0.5) is 5.82 Å². The molecule has 0 atom stereocenters. The summed E-state index contributed by atoms with van der Waals surface area (Å²) >= 11 is 1.34. The first kappa shape index (κ1) is 17.6. The van der Waals surface area contributed by atoms with E-state index in [2.05, 4.69) is 15.3 Å². The van der Waals surface area contributed by atoms with E-state index in [9.17, 15) is 4.79 Å². The van der Waals surface area contributed by atoms with Crippen molar-refractivity contribution in [1.29, 1.82) is 0 Å². The molecule has 7 heteroatoms. The minimum Gasteiger partial charge on any atom is -0.461 e. The number of carbonyl (C=O) groups excluding carboxylic acids is 1. The maximum absolute atomic E-state index is 12.3. The molecule has 0 saturated heterocycles. The summed E-state index contributed by atoms with van der Waals surface area (Å²) in [6.07, 6.45) is 0.636. The lowest BCUT2D eigenvalue weighted by molar-refractivity contribution is 0.0464. The summed E-state index contributed by atoms with van der Waals surface area (Å²) in [5.74, 6) is 1.34. The minimum atomic E-state index is -0.307. The fourth-order valence-electron chi connectivity index (χ4n) is 2.16. The second kappa shape index (κ2) is 7.70. The molecule has 2 aromatic rings. The number of aliphatic hydroxyl groups is 1. The maximum Gasteiger partial charge on any atom is 0.348 e. The van der Waals surface area contributed by atoms with Gasteiger partial charge in [0.15, 0.2) is 0 Å². The molecule has 0 aromatic carbocycles. The third-order valence-corrected chi connectivity index (χ3v) is 4.43. The Morgan fingerprint density at radius 1 is 1.35 bits per heavy atom. The number of rotatable bonds is 7. The molecule has 2 aromatic heterocycles. The van der Waals surface area contributed by atoms with E-state index in [1.165, 1.54) is 11.3 Å². The van der Waals surface area contributed by atoms with Crippen molar-refractivity contribution in [3.05, 3.63) is 16.3 Å². The highest BCUT2D eigenvalue weighted by Gasteiger charge is 2.21. The van der Waals surface area contributed by atoms with Gasteiger partial charge in [0.1, 0.15) is 21.3 Å². The standard InChI is InChI=1S/C16H23N3O3S/c1-9(2)8-22-16(21)13-10(3)12-14(17-6-5-7-20)18-11(4)19-15(12)23-13/h9,20H,5-8H2,1-4H3,(H,17,18,19). The highest BCUT2D eigenvalue weighted by molar-refractivity contribution is 7.20. The van der Waals surface area contributed by atoms with E-state index in [0.29, 0.717) is 42.0 Å². The molecular weight excluding hydrogens is 314 g/mol. The zero-order valence-corrected chi connectivity index (χ0v) is 14.8. The molecule has 2 heterocycles. The molecule has 0 saturated carbocycles. The number of carbonyl (C=O) groups is 1. The van der Waals surface area contributed by atoms with E-state index in [1.807, 2.05) is 27.7 Å². The number of aliphatic hydroxyl groups excluding tert-OH is 1. The third kappa shape index (κ3) is 4.17. The molecule has 2 rings (SSSR count). The molecule has 126 valence electrons. The number of aromatic nitrogens is 2. The zero-order valence-electron chi connectivity index (χ0n) is 14.0. The van der Waals surface area contributed by atoms with Crippen LogP contribution in [0.15, 0.2) is 0 Å². The second-order valence-electron chi connectivity index (χ2n) is 5.85. The van der Waals surface area contributed by atoms with E-state index < -0.39 is 0 Å². The van der Waals surface area contributed by atoms with Gasteiger partial charge in [-0.05, 0) is 31.7 Å². The predicted molar refractivity (Wildman–Crippen MR) is 92.2 cm³/mol. The number of nitrogens with one attached hydrogen (secondary N) is 1. The highest BCUT2D eigenvalue weighted by Crippen LogP contribution is 2.34. The van der Waals surface area contributed by atoms with Crippen molar-refractivity contribution in [2.75, 3.05) is 25.1 Å². The van der Waals surface area contributed by atoms with E-state index in [4.69, 9.17) is 9.84 Å². The van der Waals surface area contributed by atoms with Crippen molar-refractivity contribution < 1.29 is 14.6 Å². The molecule has 23 heavy (non-hydrogen) atoms. The molecule has 6 nitrogen and oxygen atoms in total. The topological polar surface area (TPSA) is 84.3 Å². The van der Waals surface area contributed by atoms with Crippen molar-refractivity contribution in [2.24, 2.45) is 5.92 Å². The SMILES string of the molecule is Cc1nc(NCCCO)c2c(C)c(C(=O)OCC(C)C)sc2n1. The van der Waals surface area contributed by atoms with Crippen molar-refractivity contribution in [3.8, 4) is 0 Å². The van der Waals surface area contributed by atoms with E-state index in [0.717, 1.165) is 15.8 Å². The average molecular weight is 337 g/mol. The van der Waals surface area contributed by atoms with Crippen LogP contribution in [-0.2, 0) is 4.74 Å². The van der Waals surface area contributed by atoms with E-state index in [1.54, 1.807) is 0 Å². The quantitative estimate of drug-likeness (QED) is 0.597. The average Bonchev–Trinajstić information content (AvgIpc) is 2.82. The summed E-state index contributed by atoms with van der Waals surface area (Å²) < 4.78 is 5.34. The van der Waals surface area contributed by atoms with Crippen molar-refractivity contribution in [3.63, 3.8) is 0 Å². The van der Waals surface area contributed by atoms with Gasteiger partial charge in [0.2, 0.25) is 0 Å². The number of fused-ring (bicyclic) bond motifs is 1. The van der Waals surface area contributed by atoms with E-state index in [-0.39, 0.29) is 12.6 Å². The van der Waals surface area contributed by atoms with Gasteiger partial charge in [-0.25, -0.2) is 14.8 Å². The molecule has 0 radical (unpaired) electrons. The molecule has 0 aliphatic rings. The summed E-state index contributed by atoms with van der Waals surface area (Å²) in [4.78, 5) is 22.5. The molecule has 0 spiro atoms. The smallest absolute Gasteiger partial charge is 0.348 e. The first-order valence-corrected chi connectivity index (χ1v) is 8.55. The van der Waals surface area contributed by atoms with Crippen molar-refractivity contribution >= 4 is 33.3 Å². The minimum absolute atomic E-state index is 0.121. The predicted octanol–water partition coefficient (Wildman–Crippen LogP) is 2.92. The molecule has 0 aliphatic carbocycles. The molecule has 0 unspecified atom stereocenters. The summed E-state index contributed by atoms with van der Waals surface area (Å²) in [6.45, 7) is 8.86. The van der Waals surface area contributed by atoms with Gasteiger partial charge in [-0.2, -0.15) is 0 Å². The fraction of sp³-hybridized carbons (Fsp3) is 0.562. The van der Waals surface area contributed by atoms with Gasteiger partial charge in [0.05, 0.1) is 12.0 Å². The van der Waals surface area contributed by atoms with Crippen LogP contribution in [0.25, 0.3) is 10.2 Å². The Labute approximate surface area is 139 Å². The number of esters is 1. The number of thiophene rings is 1. The first-order valence-electron chi connectivity index (χ1n) is 7.73. The molecular formula is C16H23N3O3S. The van der Waals surface area contributed by atoms with Crippen LogP contribution >= 0.6 is 11.3 Å². The van der Waals surface area contributed by atoms with Crippen LogP contribution in [0.2, 0.25) is 0 Å². The van der Waals surface area contributed by atoms with Crippen LogP contribution < -0.4 is 5.32 Å². The van der Waals surface area contributed by atoms with Crippen LogP contribution in [0, 0.1) is 19.8 Å². The van der Waals surface area contributed by atoms with Gasteiger partial charge in [0, 0.05) is 13.2 Å². The fourth-order valence-corrected chi connectivity index (χ4v) is 3.28. The Hall–Kier alpha value is -1.73. The van der Waals surface area contributed by atoms with Gasteiger partial charge in [-0.1, -0.05) is 13.8 Å². The number of ether oxygens (including phenoxy) is 1. The van der Waals surface area contributed by atoms with Crippen LogP contribution in [-0.4, -0.2) is 40.8 Å². The van der Waals surface area contributed by atoms with Crippen LogP contribution in [0.3, 0.4) is 0 Å². The monoisotopic (exact) mass is 337 g/mol. The van der Waals surface area contributed by atoms with Gasteiger partial charge < -0.3 is 15.2 Å². The molecule has 0 amide bonds. The summed E-state index contributed by atoms with van der Waals surface area (Å²) in [5.41, 5.74) is 0.838. The second-order valence-corrected chi connectivity index (χ2v) is 6.85. The normalized spacial score (nSPS) is 11.2. The van der Waals surface area contributed by atoms with Crippen LogP contribution in [0.1, 0.15) is 41.3 Å². The summed E-state index contributed by atoms with van der Waals surface area (Å²) in [7, 11) is 0. The number of hydrogen-bond donors (Lipinski definition) is 2. The lowest BCUT2D eigenvalue weighted by atomic mass is 10.2. The Kier molecular flexibility index (Phi) is 5.90. The summed E-state index contributed by atoms with van der Waals surface area (Å²) in [5, 5.41) is 13.0. The number of hydrogen-bond acceptors (Lipinski definition) is 7. The lowest BCUT2D eigenvalue weighted by Crippen LogP contribution is -2.10. The maximum atomic E-state index is 12.3. The number of aryl methyl sites for hydroxylation is 2.